The van der Waals surface area contributed by atoms with Crippen LogP contribution in [0.4, 0.5) is 0 Å². The van der Waals surface area contributed by atoms with E-state index in [1.807, 2.05) is 0 Å². The SMILES string of the molecule is CCCCCCC[C@@](N)(C(N)N)C(N)(CC)CC. The number of unbranched alkanes of at least 4 members (excludes halogenated alkanes) is 4. The molecule has 0 radical (unpaired) electrons. The second-order valence-electron chi connectivity index (χ2n) is 5.59. The van der Waals surface area contributed by atoms with Crippen molar-refractivity contribution in [3.63, 3.8) is 0 Å². The molecule has 4 nitrogen and oxygen atoms in total. The molecule has 0 amide bonds. The molecule has 0 heterocycles. The summed E-state index contributed by atoms with van der Waals surface area (Å²) in [5, 5.41) is 0. The average Bonchev–Trinajstić information content (AvgIpc) is 2.36. The molecule has 4 heteroatoms. The summed E-state index contributed by atoms with van der Waals surface area (Å²) in [6.45, 7) is 6.33. The van der Waals surface area contributed by atoms with Gasteiger partial charge in [0.25, 0.3) is 0 Å². The number of nitrogens with two attached hydrogens (primary N) is 4. The second-order valence-corrected chi connectivity index (χ2v) is 5.59. The summed E-state index contributed by atoms with van der Waals surface area (Å²) in [5.41, 5.74) is 23.6. The number of hydrogen-bond acceptors (Lipinski definition) is 4. The van der Waals surface area contributed by atoms with Crippen molar-refractivity contribution in [1.29, 1.82) is 0 Å². The fourth-order valence-corrected chi connectivity index (χ4v) is 2.68. The van der Waals surface area contributed by atoms with Gasteiger partial charge in [0.1, 0.15) is 0 Å². The smallest absolute Gasteiger partial charge is 0.0725 e. The van der Waals surface area contributed by atoms with Crippen LogP contribution in [-0.4, -0.2) is 17.2 Å². The zero-order valence-electron chi connectivity index (χ0n) is 12.5. The summed E-state index contributed by atoms with van der Waals surface area (Å²) in [6.07, 6.45) is 7.88. The molecule has 0 spiro atoms. The molecule has 0 saturated heterocycles. The fourth-order valence-electron chi connectivity index (χ4n) is 2.68. The number of hydrogen-bond donors (Lipinski definition) is 4. The highest BCUT2D eigenvalue weighted by atomic mass is 15.0. The Morgan fingerprint density at radius 1 is 0.833 bits per heavy atom. The first kappa shape index (κ1) is 17.8. The van der Waals surface area contributed by atoms with E-state index in [4.69, 9.17) is 22.9 Å². The Labute approximate surface area is 113 Å². The summed E-state index contributed by atoms with van der Waals surface area (Å²) in [7, 11) is 0. The first-order valence-corrected chi connectivity index (χ1v) is 7.46. The van der Waals surface area contributed by atoms with Crippen LogP contribution in [-0.2, 0) is 0 Å². The van der Waals surface area contributed by atoms with Gasteiger partial charge in [-0.3, -0.25) is 0 Å². The third-order valence-corrected chi connectivity index (χ3v) is 4.48. The summed E-state index contributed by atoms with van der Waals surface area (Å²) in [5.74, 6) is 0. The minimum absolute atomic E-state index is 0.466. The van der Waals surface area contributed by atoms with E-state index in [0.717, 1.165) is 25.7 Å². The predicted octanol–water partition coefficient (Wildman–Crippen LogP) is 1.81. The molecule has 0 aliphatic carbocycles. The molecule has 18 heavy (non-hydrogen) atoms. The van der Waals surface area contributed by atoms with Crippen LogP contribution in [0.1, 0.15) is 72.1 Å². The molecule has 0 fully saturated rings. The van der Waals surface area contributed by atoms with Gasteiger partial charge in [-0.05, 0) is 19.3 Å². The van der Waals surface area contributed by atoms with E-state index in [2.05, 4.69) is 20.8 Å². The standard InChI is InChI=1S/C14H34N4/c1-4-7-8-9-10-11-14(18,12(15)16)13(17,5-2)6-3/h12H,4-11,15-18H2,1-3H3/t14-/m1/s1. The van der Waals surface area contributed by atoms with Gasteiger partial charge in [-0.1, -0.05) is 52.9 Å². The topological polar surface area (TPSA) is 104 Å². The van der Waals surface area contributed by atoms with E-state index < -0.39 is 17.2 Å². The zero-order chi connectivity index (χ0) is 14.2. The summed E-state index contributed by atoms with van der Waals surface area (Å²) >= 11 is 0. The van der Waals surface area contributed by atoms with Gasteiger partial charge < -0.3 is 22.9 Å². The number of rotatable bonds is 10. The van der Waals surface area contributed by atoms with Crippen LogP contribution < -0.4 is 22.9 Å². The van der Waals surface area contributed by atoms with Gasteiger partial charge in [-0.2, -0.15) is 0 Å². The first-order chi connectivity index (χ1) is 8.38. The lowest BCUT2D eigenvalue weighted by Crippen LogP contribution is -2.75. The Bertz CT molecular complexity index is 214. The van der Waals surface area contributed by atoms with Crippen molar-refractivity contribution >= 4 is 0 Å². The van der Waals surface area contributed by atoms with E-state index in [1.54, 1.807) is 0 Å². The summed E-state index contributed by atoms with van der Waals surface area (Å²) in [4.78, 5) is 0. The van der Waals surface area contributed by atoms with Crippen LogP contribution >= 0.6 is 0 Å². The Balaban J connectivity index is 4.53. The van der Waals surface area contributed by atoms with Crippen molar-refractivity contribution in [1.82, 2.24) is 0 Å². The van der Waals surface area contributed by atoms with Crippen LogP contribution in [0.2, 0.25) is 0 Å². The zero-order valence-corrected chi connectivity index (χ0v) is 12.5. The van der Waals surface area contributed by atoms with Gasteiger partial charge in [-0.15, -0.1) is 0 Å². The fraction of sp³-hybridized carbons (Fsp3) is 1.00. The third kappa shape index (κ3) is 4.19. The van der Waals surface area contributed by atoms with Crippen molar-refractivity contribution in [2.45, 2.75) is 89.4 Å². The highest BCUT2D eigenvalue weighted by molar-refractivity contribution is 5.09. The average molecular weight is 258 g/mol. The van der Waals surface area contributed by atoms with Gasteiger partial charge >= 0.3 is 0 Å². The molecule has 0 aromatic carbocycles. The van der Waals surface area contributed by atoms with Gasteiger partial charge in [0.05, 0.1) is 11.7 Å². The van der Waals surface area contributed by atoms with Crippen LogP contribution in [0.25, 0.3) is 0 Å². The molecule has 0 unspecified atom stereocenters. The van der Waals surface area contributed by atoms with Gasteiger partial charge in [0.2, 0.25) is 0 Å². The van der Waals surface area contributed by atoms with Crippen molar-refractivity contribution in [3.8, 4) is 0 Å². The Kier molecular flexibility index (Phi) is 8.03. The van der Waals surface area contributed by atoms with Gasteiger partial charge in [0.15, 0.2) is 0 Å². The van der Waals surface area contributed by atoms with E-state index in [1.165, 1.54) is 25.7 Å². The Hall–Kier alpha value is -0.160. The second kappa shape index (κ2) is 8.10. The molecule has 8 N–H and O–H groups in total. The van der Waals surface area contributed by atoms with Crippen LogP contribution in [0.3, 0.4) is 0 Å². The van der Waals surface area contributed by atoms with E-state index >= 15 is 0 Å². The van der Waals surface area contributed by atoms with Crippen molar-refractivity contribution in [2.75, 3.05) is 0 Å². The Morgan fingerprint density at radius 2 is 1.33 bits per heavy atom. The summed E-state index contributed by atoms with van der Waals surface area (Å²) in [6, 6.07) is 0. The minimum Gasteiger partial charge on any atom is -0.323 e. The molecule has 0 rings (SSSR count). The maximum Gasteiger partial charge on any atom is 0.0725 e. The van der Waals surface area contributed by atoms with E-state index in [9.17, 15) is 0 Å². The third-order valence-electron chi connectivity index (χ3n) is 4.48. The lowest BCUT2D eigenvalue weighted by atomic mass is 9.69. The minimum atomic E-state index is -0.664. The van der Waals surface area contributed by atoms with Crippen LogP contribution in [0.15, 0.2) is 0 Å². The normalized spacial score (nSPS) is 16.0. The van der Waals surface area contributed by atoms with Crippen LogP contribution in [0, 0.1) is 0 Å². The molecule has 1 atom stereocenters. The van der Waals surface area contributed by atoms with Crippen molar-refractivity contribution in [3.05, 3.63) is 0 Å². The molecular weight excluding hydrogens is 224 g/mol. The highest BCUT2D eigenvalue weighted by Crippen LogP contribution is 2.30. The first-order valence-electron chi connectivity index (χ1n) is 7.46. The maximum absolute atomic E-state index is 6.48. The molecule has 0 aliphatic heterocycles. The monoisotopic (exact) mass is 258 g/mol. The van der Waals surface area contributed by atoms with Gasteiger partial charge in [0, 0.05) is 5.54 Å². The molecule has 0 bridgehead atoms. The predicted molar refractivity (Wildman–Crippen MR) is 80.0 cm³/mol. The van der Waals surface area contributed by atoms with E-state index in [0.29, 0.717) is 0 Å². The molecule has 0 aromatic heterocycles. The molecule has 0 aliphatic rings. The molecular formula is C14H34N4. The quantitative estimate of drug-likeness (QED) is 0.354. The van der Waals surface area contributed by atoms with Crippen molar-refractivity contribution < 1.29 is 0 Å². The van der Waals surface area contributed by atoms with Crippen molar-refractivity contribution in [2.24, 2.45) is 22.9 Å². The largest absolute Gasteiger partial charge is 0.323 e. The van der Waals surface area contributed by atoms with Gasteiger partial charge in [-0.25, -0.2) is 0 Å². The molecule has 0 saturated carbocycles. The lowest BCUT2D eigenvalue weighted by molar-refractivity contribution is 0.153. The maximum atomic E-state index is 6.48. The highest BCUT2D eigenvalue weighted by Gasteiger charge is 2.46. The summed E-state index contributed by atoms with van der Waals surface area (Å²) < 4.78 is 0. The molecule has 0 aromatic rings. The lowest BCUT2D eigenvalue weighted by Gasteiger charge is -2.48. The molecule has 110 valence electrons. The van der Waals surface area contributed by atoms with E-state index in [-0.39, 0.29) is 0 Å². The Morgan fingerprint density at radius 3 is 1.72 bits per heavy atom. The van der Waals surface area contributed by atoms with Crippen LogP contribution in [0.5, 0.6) is 0 Å².